The first-order valence-electron chi connectivity index (χ1n) is 6.63. The van der Waals surface area contributed by atoms with E-state index in [4.69, 9.17) is 0 Å². The first-order valence-corrected chi connectivity index (χ1v) is 6.63. The number of benzene rings is 1. The lowest BCUT2D eigenvalue weighted by Crippen LogP contribution is -2.38. The molecule has 1 heterocycles. The van der Waals surface area contributed by atoms with Crippen molar-refractivity contribution in [2.75, 3.05) is 6.61 Å². The van der Waals surface area contributed by atoms with E-state index < -0.39 is 0 Å². The highest BCUT2D eigenvalue weighted by Gasteiger charge is 2.28. The molecule has 100 valence electrons. The summed E-state index contributed by atoms with van der Waals surface area (Å²) in [6, 6.07) is 5.57. The minimum Gasteiger partial charge on any atom is -0.396 e. The topological polar surface area (TPSA) is 78.0 Å². The summed E-state index contributed by atoms with van der Waals surface area (Å²) < 4.78 is 0. The van der Waals surface area contributed by atoms with Crippen molar-refractivity contribution in [3.05, 3.63) is 30.0 Å². The third-order valence-electron chi connectivity index (χ3n) is 3.91. The van der Waals surface area contributed by atoms with E-state index in [2.05, 4.69) is 15.5 Å². The number of aromatic nitrogens is 2. The Balaban J connectivity index is 1.76. The molecule has 0 aliphatic heterocycles. The molecule has 3 rings (SSSR count). The van der Waals surface area contributed by atoms with Gasteiger partial charge in [-0.2, -0.15) is 5.10 Å². The zero-order valence-corrected chi connectivity index (χ0v) is 10.6. The van der Waals surface area contributed by atoms with Gasteiger partial charge in [0.1, 0.15) is 0 Å². The predicted octanol–water partition coefficient (Wildman–Crippen LogP) is 1.45. The molecule has 1 aromatic carbocycles. The van der Waals surface area contributed by atoms with Crippen LogP contribution in [0.3, 0.4) is 0 Å². The van der Waals surface area contributed by atoms with Gasteiger partial charge in [-0.15, -0.1) is 0 Å². The third-order valence-corrected chi connectivity index (χ3v) is 3.91. The zero-order chi connectivity index (χ0) is 13.2. The number of nitrogens with zero attached hydrogens (tertiary/aromatic N) is 1. The number of aliphatic hydroxyl groups excluding tert-OH is 1. The molecule has 5 nitrogen and oxygen atoms in total. The number of nitrogens with one attached hydrogen (secondary N) is 2. The lowest BCUT2D eigenvalue weighted by Gasteiger charge is -2.19. The van der Waals surface area contributed by atoms with Crippen molar-refractivity contribution >= 4 is 16.8 Å². The molecule has 0 bridgehead atoms. The Labute approximate surface area is 111 Å². The van der Waals surface area contributed by atoms with Crippen LogP contribution in [0.5, 0.6) is 0 Å². The van der Waals surface area contributed by atoms with Crippen molar-refractivity contribution in [2.24, 2.45) is 5.92 Å². The van der Waals surface area contributed by atoms with E-state index in [-0.39, 0.29) is 24.5 Å². The number of fused-ring (bicyclic) bond motifs is 1. The zero-order valence-electron chi connectivity index (χ0n) is 10.6. The van der Waals surface area contributed by atoms with Crippen LogP contribution in [0.2, 0.25) is 0 Å². The maximum atomic E-state index is 12.2. The van der Waals surface area contributed by atoms with Crippen molar-refractivity contribution in [1.82, 2.24) is 15.5 Å². The van der Waals surface area contributed by atoms with Gasteiger partial charge in [-0.1, -0.05) is 6.42 Å². The van der Waals surface area contributed by atoms with E-state index in [9.17, 15) is 9.90 Å². The molecule has 0 radical (unpaired) electrons. The average Bonchev–Trinajstić information content (AvgIpc) is 3.05. The van der Waals surface area contributed by atoms with Gasteiger partial charge in [-0.3, -0.25) is 9.89 Å². The third kappa shape index (κ3) is 2.33. The highest BCUT2D eigenvalue weighted by molar-refractivity contribution is 5.98. The summed E-state index contributed by atoms with van der Waals surface area (Å²) in [4.78, 5) is 12.2. The van der Waals surface area contributed by atoms with E-state index >= 15 is 0 Å². The van der Waals surface area contributed by atoms with Crippen LogP contribution < -0.4 is 5.32 Å². The highest BCUT2D eigenvalue weighted by atomic mass is 16.3. The van der Waals surface area contributed by atoms with Crippen molar-refractivity contribution in [3.8, 4) is 0 Å². The molecule has 1 aromatic heterocycles. The molecule has 0 saturated heterocycles. The Morgan fingerprint density at radius 1 is 1.47 bits per heavy atom. The molecule has 2 aromatic rings. The van der Waals surface area contributed by atoms with Crippen LogP contribution in [0, 0.1) is 5.92 Å². The van der Waals surface area contributed by atoms with Crippen molar-refractivity contribution < 1.29 is 9.90 Å². The molecular formula is C14H17N3O2. The molecule has 0 spiro atoms. The van der Waals surface area contributed by atoms with E-state index in [1.54, 1.807) is 12.3 Å². The largest absolute Gasteiger partial charge is 0.396 e. The predicted molar refractivity (Wildman–Crippen MR) is 71.8 cm³/mol. The molecule has 3 N–H and O–H groups in total. The van der Waals surface area contributed by atoms with Crippen LogP contribution in [0.15, 0.2) is 24.4 Å². The summed E-state index contributed by atoms with van der Waals surface area (Å²) in [6.07, 6.45) is 4.71. The number of hydrogen-bond donors (Lipinski definition) is 3. The van der Waals surface area contributed by atoms with Gasteiger partial charge >= 0.3 is 0 Å². The number of aliphatic hydroxyl groups is 1. The summed E-state index contributed by atoms with van der Waals surface area (Å²) in [5.41, 5.74) is 1.56. The Morgan fingerprint density at radius 3 is 3.21 bits per heavy atom. The van der Waals surface area contributed by atoms with Gasteiger partial charge < -0.3 is 10.4 Å². The number of amides is 1. The second-order valence-electron chi connectivity index (χ2n) is 5.13. The molecule has 19 heavy (non-hydrogen) atoms. The van der Waals surface area contributed by atoms with Crippen LogP contribution >= 0.6 is 0 Å². The van der Waals surface area contributed by atoms with E-state index in [0.29, 0.717) is 5.56 Å². The second kappa shape index (κ2) is 5.01. The lowest BCUT2D eigenvalue weighted by molar-refractivity contribution is 0.0916. The minimum atomic E-state index is -0.0755. The molecule has 1 aliphatic rings. The second-order valence-corrected chi connectivity index (χ2v) is 5.13. The summed E-state index contributed by atoms with van der Waals surface area (Å²) in [6.45, 7) is 0.145. The van der Waals surface area contributed by atoms with Gasteiger partial charge in [0.2, 0.25) is 0 Å². The fraction of sp³-hybridized carbons (Fsp3) is 0.429. The maximum Gasteiger partial charge on any atom is 0.251 e. The number of H-pyrrole nitrogens is 1. The molecular weight excluding hydrogens is 242 g/mol. The standard InChI is InChI=1S/C14H17N3O2/c18-8-10-2-1-3-12(10)16-14(19)9-4-5-13-11(6-9)7-15-17-13/h4-7,10,12,18H,1-3,8H2,(H,15,17)(H,16,19). The number of carbonyl (C=O) groups excluding carboxylic acids is 1. The van der Waals surface area contributed by atoms with Crippen LogP contribution in [0.4, 0.5) is 0 Å². The summed E-state index contributed by atoms with van der Waals surface area (Å²) in [5.74, 6) is 0.120. The molecule has 1 saturated carbocycles. The van der Waals surface area contributed by atoms with Gasteiger partial charge in [0.05, 0.1) is 11.7 Å². The maximum absolute atomic E-state index is 12.2. The van der Waals surface area contributed by atoms with Gasteiger partial charge in [0, 0.05) is 29.5 Å². The van der Waals surface area contributed by atoms with Gasteiger partial charge in [-0.25, -0.2) is 0 Å². The lowest BCUT2D eigenvalue weighted by atomic mass is 10.0. The molecule has 1 fully saturated rings. The molecule has 2 unspecified atom stereocenters. The SMILES string of the molecule is O=C(NC1CCCC1CO)c1ccc2[nH]ncc2c1. The molecule has 1 aliphatic carbocycles. The first-order chi connectivity index (χ1) is 9.28. The number of rotatable bonds is 3. The van der Waals surface area contributed by atoms with Crippen LogP contribution in [-0.2, 0) is 0 Å². The fourth-order valence-electron chi connectivity index (χ4n) is 2.78. The van der Waals surface area contributed by atoms with Crippen LogP contribution in [-0.4, -0.2) is 33.9 Å². The Morgan fingerprint density at radius 2 is 2.37 bits per heavy atom. The molecule has 2 atom stereocenters. The number of aromatic amines is 1. The van der Waals surface area contributed by atoms with Crippen molar-refractivity contribution in [1.29, 1.82) is 0 Å². The minimum absolute atomic E-state index is 0.0755. The Bertz CT molecular complexity index is 593. The molecule has 5 heteroatoms. The highest BCUT2D eigenvalue weighted by Crippen LogP contribution is 2.25. The Hall–Kier alpha value is -1.88. The summed E-state index contributed by atoms with van der Waals surface area (Å²) in [5, 5.41) is 20.0. The normalized spacial score (nSPS) is 22.8. The van der Waals surface area contributed by atoms with Gasteiger partial charge in [-0.05, 0) is 31.0 Å². The van der Waals surface area contributed by atoms with Crippen LogP contribution in [0.1, 0.15) is 29.6 Å². The van der Waals surface area contributed by atoms with E-state index in [0.717, 1.165) is 30.2 Å². The average molecular weight is 259 g/mol. The Kier molecular flexibility index (Phi) is 3.21. The van der Waals surface area contributed by atoms with Gasteiger partial charge in [0.15, 0.2) is 0 Å². The van der Waals surface area contributed by atoms with E-state index in [1.807, 2.05) is 12.1 Å². The van der Waals surface area contributed by atoms with Crippen molar-refractivity contribution in [3.63, 3.8) is 0 Å². The summed E-state index contributed by atoms with van der Waals surface area (Å²) >= 11 is 0. The fourth-order valence-corrected chi connectivity index (χ4v) is 2.78. The quantitative estimate of drug-likeness (QED) is 0.780. The van der Waals surface area contributed by atoms with Crippen molar-refractivity contribution in [2.45, 2.75) is 25.3 Å². The van der Waals surface area contributed by atoms with Gasteiger partial charge in [0.25, 0.3) is 5.91 Å². The first kappa shape index (κ1) is 12.2. The molecule has 1 amide bonds. The van der Waals surface area contributed by atoms with E-state index in [1.165, 1.54) is 0 Å². The smallest absolute Gasteiger partial charge is 0.251 e. The number of hydrogen-bond acceptors (Lipinski definition) is 3. The monoisotopic (exact) mass is 259 g/mol. The summed E-state index contributed by atoms with van der Waals surface area (Å²) in [7, 11) is 0. The van der Waals surface area contributed by atoms with Crippen LogP contribution in [0.25, 0.3) is 10.9 Å². The number of carbonyl (C=O) groups is 1.